The van der Waals surface area contributed by atoms with E-state index in [2.05, 4.69) is 24.1 Å². The van der Waals surface area contributed by atoms with Gasteiger partial charge in [0.05, 0.1) is 39.9 Å². The molecule has 1 aromatic heterocycles. The number of rotatable bonds is 9. The van der Waals surface area contributed by atoms with Gasteiger partial charge in [-0.2, -0.15) is 0 Å². The van der Waals surface area contributed by atoms with Gasteiger partial charge in [0.15, 0.2) is 5.16 Å². The number of fused-ring (bicyclic) bond motifs is 1. The molecule has 0 saturated heterocycles. The lowest BCUT2D eigenvalue weighted by molar-refractivity contribution is -0.384. The second-order valence-corrected chi connectivity index (χ2v) is 9.45. The number of amides is 1. The molecule has 0 radical (unpaired) electrons. The summed E-state index contributed by atoms with van der Waals surface area (Å²) in [6.07, 6.45) is 0. The quantitative estimate of drug-likeness (QED) is 0.134. The number of para-hydroxylation sites is 1. The predicted molar refractivity (Wildman–Crippen MR) is 145 cm³/mol. The number of ether oxygens (including phenoxy) is 1. The van der Waals surface area contributed by atoms with Crippen molar-refractivity contribution in [1.82, 2.24) is 9.55 Å². The van der Waals surface area contributed by atoms with E-state index in [9.17, 15) is 19.7 Å². The van der Waals surface area contributed by atoms with Crippen LogP contribution in [0.5, 0.6) is 5.75 Å². The Kier molecular flexibility index (Phi) is 7.88. The number of nitrogens with zero attached hydrogens (tertiary/aromatic N) is 3. The molecule has 0 unspecified atom stereocenters. The fourth-order valence-corrected chi connectivity index (χ4v) is 4.60. The summed E-state index contributed by atoms with van der Waals surface area (Å²) in [7, 11) is 0. The van der Waals surface area contributed by atoms with Crippen molar-refractivity contribution in [2.24, 2.45) is 0 Å². The van der Waals surface area contributed by atoms with Crippen molar-refractivity contribution in [3.05, 3.63) is 92.8 Å². The number of thioether (sulfide) groups is 1. The Morgan fingerprint density at radius 2 is 1.86 bits per heavy atom. The molecule has 4 aromatic rings. The zero-order valence-corrected chi connectivity index (χ0v) is 21.5. The van der Waals surface area contributed by atoms with Crippen LogP contribution >= 0.6 is 11.8 Å². The Hall–Kier alpha value is -4.18. The first kappa shape index (κ1) is 25.9. The topological polar surface area (TPSA) is 116 Å². The van der Waals surface area contributed by atoms with Gasteiger partial charge in [0, 0.05) is 0 Å². The van der Waals surface area contributed by atoms with Crippen LogP contribution in [0.3, 0.4) is 0 Å². The molecule has 0 fully saturated rings. The Balaban J connectivity index is 1.63. The lowest BCUT2D eigenvalue weighted by Crippen LogP contribution is -2.23. The van der Waals surface area contributed by atoms with Crippen LogP contribution < -0.4 is 15.6 Å². The number of carbonyl (C=O) groups excluding carboxylic acids is 1. The van der Waals surface area contributed by atoms with Crippen molar-refractivity contribution < 1.29 is 14.5 Å². The molecular formula is C27H26N4O5S. The molecule has 0 aliphatic rings. The molecule has 0 saturated carbocycles. The highest BCUT2D eigenvalue weighted by Gasteiger charge is 2.19. The van der Waals surface area contributed by atoms with Crippen molar-refractivity contribution in [1.29, 1.82) is 0 Å². The van der Waals surface area contributed by atoms with E-state index in [-0.39, 0.29) is 22.7 Å². The molecule has 0 aliphatic heterocycles. The molecule has 190 valence electrons. The maximum atomic E-state index is 13.4. The summed E-state index contributed by atoms with van der Waals surface area (Å²) >= 11 is 1.08. The average molecular weight is 519 g/mol. The zero-order valence-electron chi connectivity index (χ0n) is 20.6. The van der Waals surface area contributed by atoms with Gasteiger partial charge in [-0.1, -0.05) is 49.9 Å². The summed E-state index contributed by atoms with van der Waals surface area (Å²) in [6, 6.07) is 19.0. The Morgan fingerprint density at radius 3 is 2.54 bits per heavy atom. The van der Waals surface area contributed by atoms with E-state index < -0.39 is 10.8 Å². The van der Waals surface area contributed by atoms with Gasteiger partial charge in [-0.05, 0) is 54.8 Å². The van der Waals surface area contributed by atoms with Crippen molar-refractivity contribution in [3.63, 3.8) is 0 Å². The third-order valence-corrected chi connectivity index (χ3v) is 6.58. The first-order valence-electron chi connectivity index (χ1n) is 11.7. The molecule has 0 atom stereocenters. The van der Waals surface area contributed by atoms with Crippen LogP contribution in [-0.4, -0.2) is 32.7 Å². The fraction of sp³-hybridized carbons (Fsp3) is 0.222. The van der Waals surface area contributed by atoms with Crippen LogP contribution in [0, 0.1) is 10.1 Å². The molecule has 0 spiro atoms. The van der Waals surface area contributed by atoms with Gasteiger partial charge in [-0.15, -0.1) is 0 Å². The summed E-state index contributed by atoms with van der Waals surface area (Å²) < 4.78 is 6.81. The highest BCUT2D eigenvalue weighted by molar-refractivity contribution is 7.99. The van der Waals surface area contributed by atoms with Crippen LogP contribution in [-0.2, 0) is 4.79 Å². The first-order chi connectivity index (χ1) is 17.8. The minimum atomic E-state index is -0.575. The minimum absolute atomic E-state index is 0.0622. The first-order valence-corrected chi connectivity index (χ1v) is 12.7. The summed E-state index contributed by atoms with van der Waals surface area (Å²) in [5.41, 5.74) is 1.84. The highest BCUT2D eigenvalue weighted by Crippen LogP contribution is 2.30. The van der Waals surface area contributed by atoms with E-state index in [1.165, 1.54) is 16.7 Å². The molecule has 1 heterocycles. The van der Waals surface area contributed by atoms with E-state index in [0.717, 1.165) is 17.3 Å². The number of nitro groups is 1. The monoisotopic (exact) mass is 518 g/mol. The number of nitrogens with one attached hydrogen (secondary N) is 1. The summed E-state index contributed by atoms with van der Waals surface area (Å²) in [6.45, 7) is 6.32. The van der Waals surface area contributed by atoms with Gasteiger partial charge in [0.1, 0.15) is 11.4 Å². The van der Waals surface area contributed by atoms with Gasteiger partial charge < -0.3 is 10.1 Å². The normalized spacial score (nSPS) is 11.0. The molecular weight excluding hydrogens is 492 g/mol. The molecule has 37 heavy (non-hydrogen) atoms. The molecule has 3 aromatic carbocycles. The maximum absolute atomic E-state index is 13.4. The lowest BCUT2D eigenvalue weighted by Gasteiger charge is -2.14. The van der Waals surface area contributed by atoms with E-state index in [4.69, 9.17) is 4.74 Å². The van der Waals surface area contributed by atoms with Crippen molar-refractivity contribution >= 4 is 39.9 Å². The molecule has 0 bridgehead atoms. The minimum Gasteiger partial charge on any atom is -0.494 e. The predicted octanol–water partition coefficient (Wildman–Crippen LogP) is 5.55. The SMILES string of the molecule is CCOc1ccc(NC(=O)CSc2nc3ccccc3c(=O)n2-c2ccc(C(C)C)cc2)c([N+](=O)[O-])c1. The summed E-state index contributed by atoms with van der Waals surface area (Å²) in [4.78, 5) is 41.8. The maximum Gasteiger partial charge on any atom is 0.296 e. The number of hydrogen-bond donors (Lipinski definition) is 1. The van der Waals surface area contributed by atoms with Crippen molar-refractivity contribution in [3.8, 4) is 11.4 Å². The zero-order chi connectivity index (χ0) is 26.5. The summed E-state index contributed by atoms with van der Waals surface area (Å²) in [5, 5.41) is 14.9. The number of anilines is 1. The third-order valence-electron chi connectivity index (χ3n) is 5.65. The molecule has 4 rings (SSSR count). The number of nitro benzene ring substituents is 1. The third kappa shape index (κ3) is 5.80. The van der Waals surface area contributed by atoms with Gasteiger partial charge in [0.25, 0.3) is 11.2 Å². The molecule has 1 N–H and O–H groups in total. The van der Waals surface area contributed by atoms with Crippen LogP contribution in [0.4, 0.5) is 11.4 Å². The van der Waals surface area contributed by atoms with Crippen LogP contribution in [0.25, 0.3) is 16.6 Å². The number of aromatic nitrogens is 2. The standard InChI is InChI=1S/C27H26N4O5S/c1-4-36-20-13-14-23(24(15-20)31(34)35)28-25(32)16-37-27-29-22-8-6-5-7-21(22)26(33)30(27)19-11-9-18(10-12-19)17(2)3/h5-15,17H,4,16H2,1-3H3,(H,28,32). The second-order valence-electron chi connectivity index (χ2n) is 8.50. The van der Waals surface area contributed by atoms with Crippen LogP contribution in [0.15, 0.2) is 76.7 Å². The summed E-state index contributed by atoms with van der Waals surface area (Å²) in [5.74, 6) is 0.0969. The van der Waals surface area contributed by atoms with Gasteiger partial charge in [-0.3, -0.25) is 24.3 Å². The Bertz CT molecular complexity index is 1520. The Labute approximate surface area is 217 Å². The van der Waals surface area contributed by atoms with Crippen molar-refractivity contribution in [2.45, 2.75) is 31.8 Å². The second kappa shape index (κ2) is 11.3. The molecule has 9 nitrogen and oxygen atoms in total. The smallest absolute Gasteiger partial charge is 0.296 e. The number of hydrogen-bond acceptors (Lipinski definition) is 7. The highest BCUT2D eigenvalue weighted by atomic mass is 32.2. The molecule has 1 amide bonds. The van der Waals surface area contributed by atoms with E-state index in [0.29, 0.717) is 40.0 Å². The molecule has 10 heteroatoms. The Morgan fingerprint density at radius 1 is 1.14 bits per heavy atom. The van der Waals surface area contributed by atoms with Crippen LogP contribution in [0.1, 0.15) is 32.3 Å². The van der Waals surface area contributed by atoms with E-state index in [1.54, 1.807) is 37.3 Å². The van der Waals surface area contributed by atoms with Gasteiger partial charge in [0.2, 0.25) is 5.91 Å². The van der Waals surface area contributed by atoms with Crippen LogP contribution in [0.2, 0.25) is 0 Å². The largest absolute Gasteiger partial charge is 0.494 e. The van der Waals surface area contributed by atoms with E-state index in [1.807, 2.05) is 24.3 Å². The number of carbonyl (C=O) groups is 1. The van der Waals surface area contributed by atoms with E-state index >= 15 is 0 Å². The fourth-order valence-electron chi connectivity index (χ4n) is 3.79. The van der Waals surface area contributed by atoms with Gasteiger partial charge >= 0.3 is 0 Å². The molecule has 0 aliphatic carbocycles. The number of benzene rings is 3. The van der Waals surface area contributed by atoms with Gasteiger partial charge in [-0.25, -0.2) is 4.98 Å². The lowest BCUT2D eigenvalue weighted by atomic mass is 10.0. The van der Waals surface area contributed by atoms with Crippen molar-refractivity contribution in [2.75, 3.05) is 17.7 Å². The average Bonchev–Trinajstić information content (AvgIpc) is 2.88.